The molecule has 0 amide bonds. The third kappa shape index (κ3) is 3.35. The van der Waals surface area contributed by atoms with Gasteiger partial charge in [-0.05, 0) is 55.2 Å². The molecule has 1 heteroatoms. The Bertz CT molecular complexity index is 350. The summed E-state index contributed by atoms with van der Waals surface area (Å²) in [4.78, 5) is 0. The van der Waals surface area contributed by atoms with Crippen molar-refractivity contribution in [1.82, 2.24) is 5.32 Å². The van der Waals surface area contributed by atoms with E-state index in [-0.39, 0.29) is 0 Å². The average Bonchev–Trinajstić information content (AvgIpc) is 3.24. The molecule has 100 valence electrons. The molecular weight excluding hydrogens is 218 g/mol. The van der Waals surface area contributed by atoms with Crippen molar-refractivity contribution < 1.29 is 0 Å². The van der Waals surface area contributed by atoms with Crippen molar-refractivity contribution in [1.29, 1.82) is 0 Å². The predicted octanol–water partition coefficient (Wildman–Crippen LogP) is 4.34. The van der Waals surface area contributed by atoms with E-state index in [4.69, 9.17) is 0 Å². The van der Waals surface area contributed by atoms with Crippen LogP contribution in [0.15, 0.2) is 24.3 Å². The molecule has 2 rings (SSSR count). The molecule has 1 aromatic rings. The lowest BCUT2D eigenvalue weighted by Crippen LogP contribution is -2.28. The van der Waals surface area contributed by atoms with Gasteiger partial charge in [-0.15, -0.1) is 0 Å². The molecule has 1 saturated carbocycles. The zero-order valence-electron chi connectivity index (χ0n) is 12.1. The predicted molar refractivity (Wildman–Crippen MR) is 78.7 cm³/mol. The van der Waals surface area contributed by atoms with Gasteiger partial charge >= 0.3 is 0 Å². The van der Waals surface area contributed by atoms with E-state index in [1.54, 1.807) is 0 Å². The number of aryl methyl sites for hydroxylation is 1. The SMILES string of the molecule is CCCNC(c1ccc(CC)cc1)C(C)C1CC1. The van der Waals surface area contributed by atoms with E-state index in [0.717, 1.165) is 24.8 Å². The lowest BCUT2D eigenvalue weighted by atomic mass is 9.90. The first-order chi connectivity index (χ1) is 8.76. The summed E-state index contributed by atoms with van der Waals surface area (Å²) >= 11 is 0. The van der Waals surface area contributed by atoms with Crippen LogP contribution >= 0.6 is 0 Å². The van der Waals surface area contributed by atoms with Gasteiger partial charge in [0.2, 0.25) is 0 Å². The van der Waals surface area contributed by atoms with Crippen molar-refractivity contribution in [2.75, 3.05) is 6.54 Å². The van der Waals surface area contributed by atoms with Crippen molar-refractivity contribution in [2.45, 2.75) is 52.5 Å². The summed E-state index contributed by atoms with van der Waals surface area (Å²) in [5.41, 5.74) is 2.91. The second-order valence-electron chi connectivity index (χ2n) is 5.72. The van der Waals surface area contributed by atoms with Crippen molar-refractivity contribution in [2.24, 2.45) is 11.8 Å². The first-order valence-electron chi connectivity index (χ1n) is 7.58. The molecule has 0 spiro atoms. The van der Waals surface area contributed by atoms with Crippen molar-refractivity contribution in [3.63, 3.8) is 0 Å². The van der Waals surface area contributed by atoms with Gasteiger partial charge in [-0.2, -0.15) is 0 Å². The minimum Gasteiger partial charge on any atom is -0.310 e. The van der Waals surface area contributed by atoms with Crippen LogP contribution in [0.5, 0.6) is 0 Å². The zero-order valence-corrected chi connectivity index (χ0v) is 12.1. The molecule has 0 heterocycles. The van der Waals surface area contributed by atoms with E-state index in [0.29, 0.717) is 6.04 Å². The number of rotatable bonds is 7. The highest BCUT2D eigenvalue weighted by atomic mass is 14.9. The van der Waals surface area contributed by atoms with Gasteiger partial charge in [0, 0.05) is 6.04 Å². The van der Waals surface area contributed by atoms with Gasteiger partial charge in [0.15, 0.2) is 0 Å². The molecule has 1 aromatic carbocycles. The Kier molecular flexibility index (Phi) is 4.82. The molecule has 18 heavy (non-hydrogen) atoms. The number of hydrogen-bond acceptors (Lipinski definition) is 1. The van der Waals surface area contributed by atoms with Gasteiger partial charge in [0.1, 0.15) is 0 Å². The van der Waals surface area contributed by atoms with E-state index < -0.39 is 0 Å². The monoisotopic (exact) mass is 245 g/mol. The maximum absolute atomic E-state index is 3.74. The van der Waals surface area contributed by atoms with Crippen LogP contribution in [0.2, 0.25) is 0 Å². The van der Waals surface area contributed by atoms with Gasteiger partial charge in [-0.1, -0.05) is 45.0 Å². The fraction of sp³-hybridized carbons (Fsp3) is 0.647. The van der Waals surface area contributed by atoms with Crippen LogP contribution in [0.1, 0.15) is 57.2 Å². The summed E-state index contributed by atoms with van der Waals surface area (Å²) in [5, 5.41) is 3.74. The standard InChI is InChI=1S/C17H27N/c1-4-12-18-17(13(3)15-10-11-15)16-8-6-14(5-2)7-9-16/h6-9,13,15,17-18H,4-5,10-12H2,1-3H3. The first-order valence-corrected chi connectivity index (χ1v) is 7.58. The van der Waals surface area contributed by atoms with E-state index in [1.165, 1.54) is 30.4 Å². The largest absolute Gasteiger partial charge is 0.310 e. The highest BCUT2D eigenvalue weighted by Crippen LogP contribution is 2.42. The fourth-order valence-electron chi connectivity index (χ4n) is 2.76. The second kappa shape index (κ2) is 6.38. The lowest BCUT2D eigenvalue weighted by molar-refractivity contribution is 0.350. The molecule has 0 aromatic heterocycles. The van der Waals surface area contributed by atoms with Crippen LogP contribution in [0, 0.1) is 11.8 Å². The minimum absolute atomic E-state index is 0.545. The van der Waals surface area contributed by atoms with Crippen LogP contribution in [0.4, 0.5) is 0 Å². The third-order valence-electron chi connectivity index (χ3n) is 4.25. The second-order valence-corrected chi connectivity index (χ2v) is 5.72. The first kappa shape index (κ1) is 13.6. The van der Waals surface area contributed by atoms with Crippen LogP contribution in [-0.2, 0) is 6.42 Å². The van der Waals surface area contributed by atoms with Gasteiger partial charge in [0.05, 0.1) is 0 Å². The van der Waals surface area contributed by atoms with E-state index in [2.05, 4.69) is 50.4 Å². The molecule has 1 fully saturated rings. The molecule has 0 saturated heterocycles. The molecule has 0 bridgehead atoms. The Morgan fingerprint density at radius 3 is 2.33 bits per heavy atom. The van der Waals surface area contributed by atoms with Crippen molar-refractivity contribution >= 4 is 0 Å². The van der Waals surface area contributed by atoms with E-state index in [1.807, 2.05) is 0 Å². The quantitative estimate of drug-likeness (QED) is 0.753. The molecule has 1 N–H and O–H groups in total. The molecule has 2 atom stereocenters. The normalized spacial score (nSPS) is 18.6. The van der Waals surface area contributed by atoms with Crippen LogP contribution < -0.4 is 5.32 Å². The molecule has 1 aliphatic rings. The zero-order chi connectivity index (χ0) is 13.0. The Hall–Kier alpha value is -0.820. The van der Waals surface area contributed by atoms with Gasteiger partial charge in [0.25, 0.3) is 0 Å². The molecule has 0 radical (unpaired) electrons. The van der Waals surface area contributed by atoms with Gasteiger partial charge in [-0.25, -0.2) is 0 Å². The number of benzene rings is 1. The Morgan fingerprint density at radius 2 is 1.83 bits per heavy atom. The fourth-order valence-corrected chi connectivity index (χ4v) is 2.76. The van der Waals surface area contributed by atoms with Crippen LogP contribution in [0.25, 0.3) is 0 Å². The lowest BCUT2D eigenvalue weighted by Gasteiger charge is -2.26. The summed E-state index contributed by atoms with van der Waals surface area (Å²) in [6.45, 7) is 8.00. The summed E-state index contributed by atoms with van der Waals surface area (Å²) < 4.78 is 0. The molecule has 1 nitrogen and oxygen atoms in total. The maximum atomic E-state index is 3.74. The summed E-state index contributed by atoms with van der Waals surface area (Å²) in [5.74, 6) is 1.72. The van der Waals surface area contributed by atoms with Crippen LogP contribution in [0.3, 0.4) is 0 Å². The van der Waals surface area contributed by atoms with E-state index in [9.17, 15) is 0 Å². The third-order valence-corrected chi connectivity index (χ3v) is 4.25. The topological polar surface area (TPSA) is 12.0 Å². The molecule has 0 aliphatic heterocycles. The van der Waals surface area contributed by atoms with Crippen LogP contribution in [-0.4, -0.2) is 6.54 Å². The smallest absolute Gasteiger partial charge is 0.0348 e. The maximum Gasteiger partial charge on any atom is 0.0348 e. The molecule has 2 unspecified atom stereocenters. The van der Waals surface area contributed by atoms with Gasteiger partial charge in [-0.3, -0.25) is 0 Å². The number of hydrogen-bond donors (Lipinski definition) is 1. The number of nitrogens with one attached hydrogen (secondary N) is 1. The summed E-state index contributed by atoms with van der Waals surface area (Å²) in [6, 6.07) is 9.77. The summed E-state index contributed by atoms with van der Waals surface area (Å²) in [6.07, 6.45) is 5.20. The highest BCUT2D eigenvalue weighted by Gasteiger charge is 2.33. The van der Waals surface area contributed by atoms with Gasteiger partial charge < -0.3 is 5.32 Å². The Labute approximate surface area is 112 Å². The molecular formula is C17H27N. The van der Waals surface area contributed by atoms with E-state index >= 15 is 0 Å². The van der Waals surface area contributed by atoms with Crippen molar-refractivity contribution in [3.05, 3.63) is 35.4 Å². The minimum atomic E-state index is 0.545. The summed E-state index contributed by atoms with van der Waals surface area (Å²) in [7, 11) is 0. The average molecular weight is 245 g/mol. The Morgan fingerprint density at radius 1 is 1.17 bits per heavy atom. The van der Waals surface area contributed by atoms with Crippen molar-refractivity contribution in [3.8, 4) is 0 Å². The highest BCUT2D eigenvalue weighted by molar-refractivity contribution is 5.26. The molecule has 1 aliphatic carbocycles. The Balaban J connectivity index is 2.09.